The number of aromatic carboxylic acids is 1. The predicted octanol–water partition coefficient (Wildman–Crippen LogP) is 3.55. The van der Waals surface area contributed by atoms with Crippen molar-refractivity contribution in [1.82, 2.24) is 19.5 Å². The highest BCUT2D eigenvalue weighted by Gasteiger charge is 2.23. The second-order valence-corrected chi connectivity index (χ2v) is 7.08. The van der Waals surface area contributed by atoms with Gasteiger partial charge >= 0.3 is 5.97 Å². The molecule has 2 heterocycles. The molecular formula is C20H22N4O3. The van der Waals surface area contributed by atoms with E-state index in [4.69, 9.17) is 0 Å². The lowest BCUT2D eigenvalue weighted by Crippen LogP contribution is -2.23. The van der Waals surface area contributed by atoms with Crippen LogP contribution in [0.2, 0.25) is 0 Å². The van der Waals surface area contributed by atoms with Crippen LogP contribution in [0, 0.1) is 0 Å². The zero-order valence-corrected chi connectivity index (χ0v) is 15.2. The van der Waals surface area contributed by atoms with Gasteiger partial charge in [0.25, 0.3) is 5.56 Å². The molecule has 7 heteroatoms. The van der Waals surface area contributed by atoms with E-state index >= 15 is 0 Å². The van der Waals surface area contributed by atoms with Crippen LogP contribution in [0.15, 0.2) is 29.1 Å². The van der Waals surface area contributed by atoms with Crippen LogP contribution in [0.5, 0.6) is 0 Å². The molecule has 27 heavy (non-hydrogen) atoms. The number of hydrogen-bond donors (Lipinski definition) is 2. The van der Waals surface area contributed by atoms with Gasteiger partial charge in [0, 0.05) is 18.0 Å². The molecule has 0 radical (unpaired) electrons. The largest absolute Gasteiger partial charge is 0.478 e. The molecule has 0 unspecified atom stereocenters. The van der Waals surface area contributed by atoms with E-state index in [9.17, 15) is 14.7 Å². The lowest BCUT2D eigenvalue weighted by Gasteiger charge is -2.11. The number of aromatic amines is 1. The summed E-state index contributed by atoms with van der Waals surface area (Å²) < 4.78 is 1.61. The summed E-state index contributed by atoms with van der Waals surface area (Å²) in [5.41, 5.74) is 1.45. The van der Waals surface area contributed by atoms with Gasteiger partial charge in [0.15, 0.2) is 11.2 Å². The van der Waals surface area contributed by atoms with Crippen LogP contribution < -0.4 is 5.56 Å². The summed E-state index contributed by atoms with van der Waals surface area (Å²) in [6, 6.07) is 6.52. The maximum absolute atomic E-state index is 13.1. The van der Waals surface area contributed by atoms with E-state index in [0.717, 1.165) is 25.1 Å². The molecule has 1 fully saturated rings. The third-order valence-electron chi connectivity index (χ3n) is 5.19. The van der Waals surface area contributed by atoms with E-state index in [2.05, 4.69) is 15.0 Å². The molecule has 1 aliphatic rings. The zero-order chi connectivity index (χ0) is 19.0. The third kappa shape index (κ3) is 3.13. The molecule has 0 bridgehead atoms. The topological polar surface area (TPSA) is 101 Å². The first kappa shape index (κ1) is 17.5. The number of carboxylic acids is 1. The Balaban J connectivity index is 1.90. The Labute approximate surface area is 156 Å². The first-order chi connectivity index (χ1) is 13.1. The molecule has 4 rings (SSSR count). The summed E-state index contributed by atoms with van der Waals surface area (Å²) in [6.07, 6.45) is 5.29. The van der Waals surface area contributed by atoms with E-state index < -0.39 is 5.97 Å². The van der Waals surface area contributed by atoms with Gasteiger partial charge in [-0.15, -0.1) is 0 Å². The molecule has 0 amide bonds. The van der Waals surface area contributed by atoms with Gasteiger partial charge in [-0.2, -0.15) is 0 Å². The van der Waals surface area contributed by atoms with Crippen LogP contribution >= 0.6 is 0 Å². The number of nitrogens with one attached hydrogen (secondary N) is 1. The number of nitrogens with zero attached hydrogens (tertiary/aromatic N) is 3. The van der Waals surface area contributed by atoms with Gasteiger partial charge in [0.2, 0.25) is 0 Å². The van der Waals surface area contributed by atoms with Crippen LogP contribution in [-0.2, 0) is 6.54 Å². The fourth-order valence-electron chi connectivity index (χ4n) is 3.84. The summed E-state index contributed by atoms with van der Waals surface area (Å²) in [5, 5.41) is 9.27. The lowest BCUT2D eigenvalue weighted by atomic mass is 10.1. The van der Waals surface area contributed by atoms with Crippen molar-refractivity contribution in [3.8, 4) is 11.4 Å². The van der Waals surface area contributed by atoms with Crippen LogP contribution in [-0.4, -0.2) is 30.6 Å². The second-order valence-electron chi connectivity index (χ2n) is 7.08. The molecule has 1 aliphatic carbocycles. The Bertz CT molecular complexity index is 1060. The molecule has 2 N–H and O–H groups in total. The fraction of sp³-hybridized carbons (Fsp3) is 0.400. The Morgan fingerprint density at radius 1 is 1.30 bits per heavy atom. The smallest absolute Gasteiger partial charge is 0.335 e. The van der Waals surface area contributed by atoms with Crippen molar-refractivity contribution < 1.29 is 9.90 Å². The predicted molar refractivity (Wildman–Crippen MR) is 102 cm³/mol. The van der Waals surface area contributed by atoms with Crippen molar-refractivity contribution >= 4 is 17.1 Å². The van der Waals surface area contributed by atoms with Crippen molar-refractivity contribution in [2.45, 2.75) is 51.5 Å². The Morgan fingerprint density at radius 2 is 2.07 bits per heavy atom. The molecular weight excluding hydrogens is 344 g/mol. The highest BCUT2D eigenvalue weighted by Crippen LogP contribution is 2.33. The minimum atomic E-state index is -1.01. The number of imidazole rings is 1. The minimum absolute atomic E-state index is 0.158. The number of fused-ring (bicyclic) bond motifs is 1. The average Bonchev–Trinajstić information content (AvgIpc) is 3.33. The van der Waals surface area contributed by atoms with Crippen LogP contribution in [0.4, 0.5) is 0 Å². The SMILES string of the molecule is CCCn1c(-c2cccc(C(=O)O)c2)nc2nc(C3CCCC3)[nH]c2c1=O. The quantitative estimate of drug-likeness (QED) is 0.719. The number of aromatic nitrogens is 4. The van der Waals surface area contributed by atoms with Gasteiger partial charge in [-0.25, -0.2) is 14.8 Å². The van der Waals surface area contributed by atoms with Crippen molar-refractivity contribution in [1.29, 1.82) is 0 Å². The van der Waals surface area contributed by atoms with E-state index in [1.165, 1.54) is 18.9 Å². The highest BCUT2D eigenvalue weighted by atomic mass is 16.4. The highest BCUT2D eigenvalue weighted by molar-refractivity contribution is 5.89. The van der Waals surface area contributed by atoms with Crippen LogP contribution in [0.25, 0.3) is 22.6 Å². The van der Waals surface area contributed by atoms with Gasteiger partial charge in [-0.1, -0.05) is 31.9 Å². The normalized spacial score (nSPS) is 14.9. The van der Waals surface area contributed by atoms with Gasteiger partial charge in [0.1, 0.15) is 11.6 Å². The van der Waals surface area contributed by atoms with Crippen LogP contribution in [0.3, 0.4) is 0 Å². The van der Waals surface area contributed by atoms with Crippen molar-refractivity contribution in [3.63, 3.8) is 0 Å². The average molecular weight is 366 g/mol. The minimum Gasteiger partial charge on any atom is -0.478 e. The zero-order valence-electron chi connectivity index (χ0n) is 15.2. The molecule has 7 nitrogen and oxygen atoms in total. The maximum atomic E-state index is 13.1. The molecule has 140 valence electrons. The number of carbonyl (C=O) groups is 1. The molecule has 0 atom stereocenters. The van der Waals surface area contributed by atoms with Crippen molar-refractivity contribution in [2.75, 3.05) is 0 Å². The number of carboxylic acid groups (broad SMARTS) is 1. The van der Waals surface area contributed by atoms with Crippen LogP contribution in [0.1, 0.15) is 61.1 Å². The summed E-state index contributed by atoms with van der Waals surface area (Å²) in [6.45, 7) is 2.50. The molecule has 0 aliphatic heterocycles. The van der Waals surface area contributed by atoms with Gasteiger partial charge < -0.3 is 10.1 Å². The molecule has 0 saturated heterocycles. The van der Waals surface area contributed by atoms with Gasteiger partial charge in [-0.3, -0.25) is 9.36 Å². The van der Waals surface area contributed by atoms with E-state index in [-0.39, 0.29) is 11.1 Å². The lowest BCUT2D eigenvalue weighted by molar-refractivity contribution is 0.0697. The van der Waals surface area contributed by atoms with Gasteiger partial charge in [-0.05, 0) is 31.4 Å². The third-order valence-corrected chi connectivity index (χ3v) is 5.19. The molecule has 1 saturated carbocycles. The summed E-state index contributed by atoms with van der Waals surface area (Å²) in [4.78, 5) is 36.9. The first-order valence-corrected chi connectivity index (χ1v) is 9.42. The summed E-state index contributed by atoms with van der Waals surface area (Å²) in [7, 11) is 0. The summed E-state index contributed by atoms with van der Waals surface area (Å²) in [5.74, 6) is 0.649. The molecule has 0 spiro atoms. The number of hydrogen-bond acceptors (Lipinski definition) is 4. The number of H-pyrrole nitrogens is 1. The van der Waals surface area contributed by atoms with Crippen molar-refractivity contribution in [2.24, 2.45) is 0 Å². The molecule has 3 aromatic rings. The second kappa shape index (κ2) is 6.98. The Kier molecular flexibility index (Phi) is 4.51. The van der Waals surface area contributed by atoms with E-state index in [0.29, 0.717) is 35.0 Å². The van der Waals surface area contributed by atoms with Gasteiger partial charge in [0.05, 0.1) is 5.56 Å². The van der Waals surface area contributed by atoms with Crippen molar-refractivity contribution in [3.05, 3.63) is 46.0 Å². The number of benzene rings is 1. The molecule has 2 aromatic heterocycles. The number of rotatable bonds is 5. The fourth-order valence-corrected chi connectivity index (χ4v) is 3.84. The summed E-state index contributed by atoms with van der Waals surface area (Å²) >= 11 is 0. The maximum Gasteiger partial charge on any atom is 0.335 e. The first-order valence-electron chi connectivity index (χ1n) is 9.42. The molecule has 1 aromatic carbocycles. The Morgan fingerprint density at radius 3 is 2.78 bits per heavy atom. The standard InChI is InChI=1S/C20H22N4O3/c1-2-10-24-18(13-8-5-9-14(11-13)20(26)27)23-17-15(19(24)25)21-16(22-17)12-6-3-4-7-12/h5,8-9,11-12H,2-4,6-7,10H2,1H3,(H,21,22)(H,26,27). The van der Waals surface area contributed by atoms with E-state index in [1.807, 2.05) is 6.92 Å². The Hall–Kier alpha value is -2.96. The monoisotopic (exact) mass is 366 g/mol. The van der Waals surface area contributed by atoms with E-state index in [1.54, 1.807) is 22.8 Å².